The predicted octanol–water partition coefficient (Wildman–Crippen LogP) is 3.89. The first-order valence-corrected chi connectivity index (χ1v) is 6.46. The molecule has 1 heterocycles. The average Bonchev–Trinajstić information content (AvgIpc) is 2.81. The van der Waals surface area contributed by atoms with Crippen LogP contribution in [0.25, 0.3) is 10.9 Å². The molecule has 0 atom stereocenters. The van der Waals surface area contributed by atoms with E-state index in [4.69, 9.17) is 5.26 Å². The molecule has 0 bridgehead atoms. The molecular formula is C17H13FN2. The third kappa shape index (κ3) is 2.28. The van der Waals surface area contributed by atoms with Crippen molar-refractivity contribution < 1.29 is 4.39 Å². The molecule has 0 aliphatic heterocycles. The number of aromatic nitrogens is 1. The van der Waals surface area contributed by atoms with Crippen LogP contribution in [0.5, 0.6) is 0 Å². The number of benzene rings is 2. The van der Waals surface area contributed by atoms with Gasteiger partial charge in [-0.25, -0.2) is 4.39 Å². The summed E-state index contributed by atoms with van der Waals surface area (Å²) in [6.07, 6.45) is 2.41. The summed E-state index contributed by atoms with van der Waals surface area (Å²) in [4.78, 5) is 0. The Bertz CT molecular complexity index is 779. The predicted molar refractivity (Wildman–Crippen MR) is 76.8 cm³/mol. The second kappa shape index (κ2) is 5.18. The molecule has 3 rings (SSSR count). The van der Waals surface area contributed by atoms with E-state index in [0.717, 1.165) is 22.0 Å². The highest BCUT2D eigenvalue weighted by Crippen LogP contribution is 2.22. The van der Waals surface area contributed by atoms with Gasteiger partial charge in [0.05, 0.1) is 12.5 Å². The van der Waals surface area contributed by atoms with Crippen LogP contribution in [0.2, 0.25) is 0 Å². The van der Waals surface area contributed by atoms with E-state index in [-0.39, 0.29) is 5.82 Å². The highest BCUT2D eigenvalue weighted by Gasteiger charge is 2.08. The molecule has 0 radical (unpaired) electrons. The van der Waals surface area contributed by atoms with E-state index in [1.807, 2.05) is 30.5 Å². The van der Waals surface area contributed by atoms with Gasteiger partial charge in [-0.1, -0.05) is 30.3 Å². The molecule has 2 nitrogen and oxygen atoms in total. The molecule has 0 aliphatic rings. The monoisotopic (exact) mass is 264 g/mol. The lowest BCUT2D eigenvalue weighted by atomic mass is 10.1. The topological polar surface area (TPSA) is 28.7 Å². The fourth-order valence-electron chi connectivity index (χ4n) is 2.47. The summed E-state index contributed by atoms with van der Waals surface area (Å²) in [5.41, 5.74) is 3.17. The molecule has 0 N–H and O–H groups in total. The first kappa shape index (κ1) is 12.4. The molecule has 98 valence electrons. The van der Waals surface area contributed by atoms with Crippen molar-refractivity contribution in [2.45, 2.75) is 13.0 Å². The minimum atomic E-state index is -0.226. The highest BCUT2D eigenvalue weighted by atomic mass is 19.1. The molecular weight excluding hydrogens is 251 g/mol. The number of fused-ring (bicyclic) bond motifs is 1. The van der Waals surface area contributed by atoms with Crippen LogP contribution in [-0.4, -0.2) is 4.57 Å². The SMILES string of the molecule is N#CCc1cn(Cc2ccc(F)cc2)c2ccccc12. The zero-order valence-electron chi connectivity index (χ0n) is 10.9. The largest absolute Gasteiger partial charge is 0.343 e. The van der Waals surface area contributed by atoms with Crippen molar-refractivity contribution in [2.75, 3.05) is 0 Å². The van der Waals surface area contributed by atoms with Crippen molar-refractivity contribution in [3.8, 4) is 6.07 Å². The molecule has 2 aromatic carbocycles. The van der Waals surface area contributed by atoms with Crippen LogP contribution in [0.15, 0.2) is 54.7 Å². The summed E-state index contributed by atoms with van der Waals surface area (Å²) in [6.45, 7) is 0.673. The fourth-order valence-corrected chi connectivity index (χ4v) is 2.47. The second-order valence-corrected chi connectivity index (χ2v) is 4.76. The Balaban J connectivity index is 2.03. The van der Waals surface area contributed by atoms with Crippen LogP contribution in [-0.2, 0) is 13.0 Å². The number of halogens is 1. The number of nitrogens with zero attached hydrogens (tertiary/aromatic N) is 2. The van der Waals surface area contributed by atoms with E-state index >= 15 is 0 Å². The maximum absolute atomic E-state index is 12.9. The molecule has 0 spiro atoms. The summed E-state index contributed by atoms with van der Waals surface area (Å²) in [5.74, 6) is -0.226. The minimum absolute atomic E-state index is 0.226. The number of nitriles is 1. The smallest absolute Gasteiger partial charge is 0.123 e. The van der Waals surface area contributed by atoms with Crippen LogP contribution >= 0.6 is 0 Å². The summed E-state index contributed by atoms with van der Waals surface area (Å²) in [7, 11) is 0. The lowest BCUT2D eigenvalue weighted by Crippen LogP contribution is -1.97. The Labute approximate surface area is 116 Å². The molecule has 0 aliphatic carbocycles. The van der Waals surface area contributed by atoms with Gasteiger partial charge in [-0.05, 0) is 29.3 Å². The maximum Gasteiger partial charge on any atom is 0.123 e. The van der Waals surface area contributed by atoms with E-state index in [2.05, 4.69) is 10.6 Å². The van der Waals surface area contributed by atoms with Crippen molar-refractivity contribution in [1.29, 1.82) is 5.26 Å². The van der Waals surface area contributed by atoms with Gasteiger partial charge in [0.1, 0.15) is 5.82 Å². The summed E-state index contributed by atoms with van der Waals surface area (Å²) in [5, 5.41) is 10.0. The first-order chi connectivity index (χ1) is 9.78. The van der Waals surface area contributed by atoms with Crippen molar-refractivity contribution in [2.24, 2.45) is 0 Å². The minimum Gasteiger partial charge on any atom is -0.343 e. The van der Waals surface area contributed by atoms with Crippen LogP contribution in [0.1, 0.15) is 11.1 Å². The van der Waals surface area contributed by atoms with Gasteiger partial charge in [0.25, 0.3) is 0 Å². The molecule has 0 unspecified atom stereocenters. The van der Waals surface area contributed by atoms with Crippen LogP contribution < -0.4 is 0 Å². The van der Waals surface area contributed by atoms with Gasteiger partial charge < -0.3 is 4.57 Å². The van der Waals surface area contributed by atoms with Crippen LogP contribution in [0, 0.1) is 17.1 Å². The van der Waals surface area contributed by atoms with Gasteiger partial charge in [-0.2, -0.15) is 5.26 Å². The quantitative estimate of drug-likeness (QED) is 0.705. The zero-order chi connectivity index (χ0) is 13.9. The van der Waals surface area contributed by atoms with Crippen molar-refractivity contribution in [1.82, 2.24) is 4.57 Å². The van der Waals surface area contributed by atoms with E-state index < -0.39 is 0 Å². The number of hydrogen-bond donors (Lipinski definition) is 0. The molecule has 3 aromatic rings. The molecule has 0 saturated heterocycles. The van der Waals surface area contributed by atoms with Gasteiger partial charge in [0.2, 0.25) is 0 Å². The Morgan fingerprint density at radius 2 is 1.80 bits per heavy atom. The lowest BCUT2D eigenvalue weighted by molar-refractivity contribution is 0.626. The van der Waals surface area contributed by atoms with Gasteiger partial charge in [0, 0.05) is 23.6 Å². The normalized spacial score (nSPS) is 10.6. The fraction of sp³-hybridized carbons (Fsp3) is 0.118. The van der Waals surface area contributed by atoms with Crippen LogP contribution in [0.4, 0.5) is 4.39 Å². The number of rotatable bonds is 3. The van der Waals surface area contributed by atoms with E-state index in [1.165, 1.54) is 12.1 Å². The van der Waals surface area contributed by atoms with Crippen molar-refractivity contribution in [3.05, 3.63) is 71.7 Å². The maximum atomic E-state index is 12.9. The number of para-hydroxylation sites is 1. The van der Waals surface area contributed by atoms with E-state index in [9.17, 15) is 4.39 Å². The zero-order valence-corrected chi connectivity index (χ0v) is 10.9. The second-order valence-electron chi connectivity index (χ2n) is 4.76. The van der Waals surface area contributed by atoms with Gasteiger partial charge in [-0.3, -0.25) is 0 Å². The highest BCUT2D eigenvalue weighted by molar-refractivity contribution is 5.84. The molecule has 0 saturated carbocycles. The Kier molecular flexibility index (Phi) is 3.22. The standard InChI is InChI=1S/C17H13FN2/c18-15-7-5-13(6-8-15)11-20-12-14(9-10-19)16-3-1-2-4-17(16)20/h1-8,12H,9,11H2. The van der Waals surface area contributed by atoms with Crippen molar-refractivity contribution >= 4 is 10.9 Å². The van der Waals surface area contributed by atoms with E-state index in [1.54, 1.807) is 12.1 Å². The Morgan fingerprint density at radius 3 is 2.55 bits per heavy atom. The van der Waals surface area contributed by atoms with E-state index in [0.29, 0.717) is 13.0 Å². The number of hydrogen-bond acceptors (Lipinski definition) is 1. The van der Waals surface area contributed by atoms with Gasteiger partial charge >= 0.3 is 0 Å². The summed E-state index contributed by atoms with van der Waals surface area (Å²) < 4.78 is 15.0. The molecule has 3 heteroatoms. The first-order valence-electron chi connectivity index (χ1n) is 6.46. The summed E-state index contributed by atoms with van der Waals surface area (Å²) >= 11 is 0. The summed E-state index contributed by atoms with van der Waals surface area (Å²) in [6, 6.07) is 16.7. The Hall–Kier alpha value is -2.60. The third-order valence-electron chi connectivity index (χ3n) is 3.41. The molecule has 0 amide bonds. The average molecular weight is 264 g/mol. The molecule has 0 fully saturated rings. The van der Waals surface area contributed by atoms with Crippen molar-refractivity contribution in [3.63, 3.8) is 0 Å². The van der Waals surface area contributed by atoms with Crippen LogP contribution in [0.3, 0.4) is 0 Å². The lowest BCUT2D eigenvalue weighted by Gasteiger charge is -2.05. The van der Waals surface area contributed by atoms with Gasteiger partial charge in [-0.15, -0.1) is 0 Å². The Morgan fingerprint density at radius 1 is 1.05 bits per heavy atom. The molecule has 1 aromatic heterocycles. The third-order valence-corrected chi connectivity index (χ3v) is 3.41. The van der Waals surface area contributed by atoms with Gasteiger partial charge in [0.15, 0.2) is 0 Å². The molecule has 20 heavy (non-hydrogen) atoms.